The Morgan fingerprint density at radius 2 is 1.81 bits per heavy atom. The molecule has 0 spiro atoms. The summed E-state index contributed by atoms with van der Waals surface area (Å²) in [4.78, 5) is 17.2. The van der Waals surface area contributed by atoms with Crippen molar-refractivity contribution in [2.45, 2.75) is 12.5 Å². The highest BCUT2D eigenvalue weighted by atomic mass is 19.1. The van der Waals surface area contributed by atoms with Crippen LogP contribution in [0.15, 0.2) is 72.9 Å². The second-order valence-corrected chi connectivity index (χ2v) is 7.24. The predicted molar refractivity (Wildman–Crippen MR) is 116 cm³/mol. The van der Waals surface area contributed by atoms with Crippen LogP contribution >= 0.6 is 0 Å². The van der Waals surface area contributed by atoms with E-state index in [1.165, 1.54) is 24.3 Å². The lowest BCUT2D eigenvalue weighted by molar-refractivity contribution is 0.0916. The van der Waals surface area contributed by atoms with Crippen LogP contribution < -0.4 is 5.32 Å². The Balaban J connectivity index is 1.59. The van der Waals surface area contributed by atoms with Crippen LogP contribution in [0.4, 0.5) is 8.78 Å². The molecule has 2 aromatic heterocycles. The van der Waals surface area contributed by atoms with Gasteiger partial charge in [0.25, 0.3) is 5.91 Å². The van der Waals surface area contributed by atoms with Crippen molar-refractivity contribution in [3.8, 4) is 22.5 Å². The monoisotopic (exact) mass is 434 g/mol. The molecular formula is C24H20F2N4O2. The molecule has 4 rings (SSSR count). The van der Waals surface area contributed by atoms with Crippen molar-refractivity contribution >= 4 is 5.91 Å². The van der Waals surface area contributed by atoms with Gasteiger partial charge in [-0.25, -0.2) is 8.78 Å². The van der Waals surface area contributed by atoms with Gasteiger partial charge >= 0.3 is 0 Å². The van der Waals surface area contributed by atoms with Crippen LogP contribution in [-0.4, -0.2) is 38.8 Å². The fourth-order valence-corrected chi connectivity index (χ4v) is 3.36. The van der Waals surface area contributed by atoms with Crippen LogP contribution in [0, 0.1) is 11.6 Å². The SMILES string of the molecule is O=C(N[C@@H](CO)Cc1ccccn1)c1cc(F)ccc1-c1cc(-c2ccc(F)cc2)n[nH]1. The number of hydrogen-bond donors (Lipinski definition) is 3. The van der Waals surface area contributed by atoms with Crippen LogP contribution in [0.3, 0.4) is 0 Å². The lowest BCUT2D eigenvalue weighted by atomic mass is 10.0. The summed E-state index contributed by atoms with van der Waals surface area (Å²) < 4.78 is 27.2. The first-order chi connectivity index (χ1) is 15.5. The number of carbonyl (C=O) groups excluding carboxylic acids is 1. The molecule has 162 valence electrons. The Bertz CT molecular complexity index is 1210. The maximum absolute atomic E-state index is 14.0. The first kappa shape index (κ1) is 21.3. The highest BCUT2D eigenvalue weighted by Crippen LogP contribution is 2.27. The van der Waals surface area contributed by atoms with E-state index in [2.05, 4.69) is 20.5 Å². The molecule has 3 N–H and O–H groups in total. The zero-order chi connectivity index (χ0) is 22.5. The van der Waals surface area contributed by atoms with E-state index in [1.807, 2.05) is 6.07 Å². The van der Waals surface area contributed by atoms with Gasteiger partial charge in [0, 0.05) is 29.4 Å². The summed E-state index contributed by atoms with van der Waals surface area (Å²) in [7, 11) is 0. The number of carbonyl (C=O) groups is 1. The maximum Gasteiger partial charge on any atom is 0.252 e. The van der Waals surface area contributed by atoms with Gasteiger partial charge in [-0.3, -0.25) is 14.9 Å². The molecule has 0 aliphatic heterocycles. The number of hydrogen-bond acceptors (Lipinski definition) is 4. The first-order valence-electron chi connectivity index (χ1n) is 9.96. The molecule has 0 saturated heterocycles. The van der Waals surface area contributed by atoms with E-state index in [4.69, 9.17) is 0 Å². The number of halogens is 2. The first-order valence-corrected chi connectivity index (χ1v) is 9.96. The number of nitrogens with zero attached hydrogens (tertiary/aromatic N) is 2. The van der Waals surface area contributed by atoms with Crippen molar-refractivity contribution in [3.63, 3.8) is 0 Å². The Labute approximate surface area is 183 Å². The van der Waals surface area contributed by atoms with Gasteiger partial charge in [-0.1, -0.05) is 6.07 Å². The summed E-state index contributed by atoms with van der Waals surface area (Å²) in [6.45, 7) is -0.300. The third kappa shape index (κ3) is 4.87. The number of pyridine rings is 1. The molecule has 2 heterocycles. The summed E-state index contributed by atoms with van der Waals surface area (Å²) in [5.74, 6) is -1.46. The van der Waals surface area contributed by atoms with E-state index in [0.29, 0.717) is 34.6 Å². The van der Waals surface area contributed by atoms with E-state index >= 15 is 0 Å². The van der Waals surface area contributed by atoms with Crippen molar-refractivity contribution in [2.24, 2.45) is 0 Å². The van der Waals surface area contributed by atoms with Crippen LogP contribution in [0.2, 0.25) is 0 Å². The van der Waals surface area contributed by atoms with Crippen LogP contribution in [0.1, 0.15) is 16.1 Å². The smallest absolute Gasteiger partial charge is 0.252 e. The van der Waals surface area contributed by atoms with Gasteiger partial charge in [-0.15, -0.1) is 0 Å². The summed E-state index contributed by atoms with van der Waals surface area (Å²) in [6.07, 6.45) is 1.96. The quantitative estimate of drug-likeness (QED) is 0.413. The van der Waals surface area contributed by atoms with Gasteiger partial charge in [-0.05, 0) is 60.7 Å². The number of H-pyrrole nitrogens is 1. The van der Waals surface area contributed by atoms with Gasteiger partial charge in [0.1, 0.15) is 11.6 Å². The topological polar surface area (TPSA) is 90.9 Å². The van der Waals surface area contributed by atoms with Crippen LogP contribution in [-0.2, 0) is 6.42 Å². The molecular weight excluding hydrogens is 414 g/mol. The Morgan fingerprint density at radius 1 is 1.03 bits per heavy atom. The Kier molecular flexibility index (Phi) is 6.32. The second kappa shape index (κ2) is 9.49. The number of benzene rings is 2. The third-order valence-electron chi connectivity index (χ3n) is 4.97. The Morgan fingerprint density at radius 3 is 2.53 bits per heavy atom. The number of aromatic amines is 1. The molecule has 0 unspecified atom stereocenters. The van der Waals surface area contributed by atoms with Gasteiger partial charge in [0.15, 0.2) is 0 Å². The molecule has 0 bridgehead atoms. The minimum atomic E-state index is -0.593. The second-order valence-electron chi connectivity index (χ2n) is 7.24. The van der Waals surface area contributed by atoms with Gasteiger partial charge < -0.3 is 10.4 Å². The predicted octanol–water partition coefficient (Wildman–Crippen LogP) is 3.75. The van der Waals surface area contributed by atoms with Crippen molar-refractivity contribution in [1.29, 1.82) is 0 Å². The molecule has 1 atom stereocenters. The molecule has 8 heteroatoms. The molecule has 0 radical (unpaired) electrons. The van der Waals surface area contributed by atoms with Crippen molar-refractivity contribution < 1.29 is 18.7 Å². The number of aliphatic hydroxyl groups excluding tert-OH is 1. The molecule has 0 aliphatic rings. The van der Waals surface area contributed by atoms with E-state index in [-0.39, 0.29) is 18.0 Å². The highest BCUT2D eigenvalue weighted by molar-refractivity contribution is 6.00. The molecule has 0 saturated carbocycles. The number of aliphatic hydroxyl groups is 1. The van der Waals surface area contributed by atoms with E-state index in [1.54, 1.807) is 36.5 Å². The number of nitrogens with one attached hydrogen (secondary N) is 2. The molecule has 0 aliphatic carbocycles. The summed E-state index contributed by atoms with van der Waals surface area (Å²) in [6, 6.07) is 16.2. The molecule has 4 aromatic rings. The zero-order valence-electron chi connectivity index (χ0n) is 16.9. The van der Waals surface area contributed by atoms with Gasteiger partial charge in [0.2, 0.25) is 0 Å². The van der Waals surface area contributed by atoms with Crippen LogP contribution in [0.25, 0.3) is 22.5 Å². The molecule has 1 amide bonds. The van der Waals surface area contributed by atoms with Crippen molar-refractivity contribution in [2.75, 3.05) is 6.61 Å². The lowest BCUT2D eigenvalue weighted by Gasteiger charge is -2.17. The highest BCUT2D eigenvalue weighted by Gasteiger charge is 2.20. The minimum Gasteiger partial charge on any atom is -0.394 e. The summed E-state index contributed by atoms with van der Waals surface area (Å²) >= 11 is 0. The third-order valence-corrected chi connectivity index (χ3v) is 4.97. The minimum absolute atomic E-state index is 0.0961. The van der Waals surface area contributed by atoms with Crippen LogP contribution in [0.5, 0.6) is 0 Å². The maximum atomic E-state index is 14.0. The summed E-state index contributed by atoms with van der Waals surface area (Å²) in [5.41, 5.74) is 3.00. The number of rotatable bonds is 7. The van der Waals surface area contributed by atoms with Crippen molar-refractivity contribution in [3.05, 3.63) is 95.8 Å². The van der Waals surface area contributed by atoms with E-state index in [0.717, 1.165) is 6.07 Å². The van der Waals surface area contributed by atoms with Crippen molar-refractivity contribution in [1.82, 2.24) is 20.5 Å². The largest absolute Gasteiger partial charge is 0.394 e. The van der Waals surface area contributed by atoms with E-state index in [9.17, 15) is 18.7 Å². The molecule has 0 fully saturated rings. The standard InChI is InChI=1S/C24H20F2N4O2/c25-16-6-4-15(5-7-16)22-13-23(30-29-22)20-9-8-17(26)11-21(20)24(32)28-19(14-31)12-18-3-1-2-10-27-18/h1-11,13,19,31H,12,14H2,(H,28,32)(H,29,30)/t19-/m1/s1. The Hall–Kier alpha value is -3.91. The fraction of sp³-hybridized carbons (Fsp3) is 0.125. The zero-order valence-corrected chi connectivity index (χ0v) is 16.9. The average molecular weight is 434 g/mol. The molecule has 2 aromatic carbocycles. The number of amides is 1. The fourth-order valence-electron chi connectivity index (χ4n) is 3.36. The van der Waals surface area contributed by atoms with E-state index < -0.39 is 17.8 Å². The number of aromatic nitrogens is 3. The molecule has 6 nitrogen and oxygen atoms in total. The normalized spacial score (nSPS) is 11.8. The van der Waals surface area contributed by atoms with Gasteiger partial charge in [-0.2, -0.15) is 5.10 Å². The lowest BCUT2D eigenvalue weighted by Crippen LogP contribution is -2.39. The summed E-state index contributed by atoms with van der Waals surface area (Å²) in [5, 5.41) is 19.5. The average Bonchev–Trinajstić information content (AvgIpc) is 3.29. The molecule has 32 heavy (non-hydrogen) atoms. The van der Waals surface area contributed by atoms with Gasteiger partial charge in [0.05, 0.1) is 29.6 Å².